The Balaban J connectivity index is 2.50. The van der Waals surface area contributed by atoms with Crippen molar-refractivity contribution in [3.8, 4) is 0 Å². The van der Waals surface area contributed by atoms with E-state index >= 15 is 0 Å². The van der Waals surface area contributed by atoms with E-state index in [0.717, 1.165) is 0 Å². The molecule has 26 heavy (non-hydrogen) atoms. The first kappa shape index (κ1) is 22.2. The molecule has 2 atom stereocenters. The Morgan fingerprint density at radius 1 is 1.19 bits per heavy atom. The third-order valence-corrected chi connectivity index (χ3v) is 5.00. The van der Waals surface area contributed by atoms with E-state index in [1.807, 2.05) is 0 Å². The second-order valence-corrected chi connectivity index (χ2v) is 7.41. The second kappa shape index (κ2) is 9.77. The molecule has 3 amide bonds. The molecule has 148 valence electrons. The van der Waals surface area contributed by atoms with Gasteiger partial charge in [-0.25, -0.2) is 14.4 Å². The fraction of sp³-hybridized carbons (Fsp3) is 0.714. The van der Waals surface area contributed by atoms with Crippen LogP contribution in [-0.2, 0) is 37.6 Å². The number of carbonyl (C=O) groups excluding carboxylic acids is 4. The van der Waals surface area contributed by atoms with Gasteiger partial charge in [0.05, 0.1) is 18.8 Å². The summed E-state index contributed by atoms with van der Waals surface area (Å²) in [5.41, 5.74) is 0. The Kier molecular flexibility index (Phi) is 8.35. The van der Waals surface area contributed by atoms with Crippen LogP contribution in [0.5, 0.6) is 0 Å². The van der Waals surface area contributed by atoms with Crippen LogP contribution < -0.4 is 10.4 Å². The van der Waals surface area contributed by atoms with Gasteiger partial charge in [-0.1, -0.05) is 0 Å². The van der Waals surface area contributed by atoms with Crippen LogP contribution in [0.1, 0.15) is 40.5 Å². The summed E-state index contributed by atoms with van der Waals surface area (Å²) in [6.07, 6.45) is -0.454. The standard InChI is InChI=1S/C14H24N3O8P/c1-5-23-26(22,25-9(2)3)16-10(4)14(21)15-8-13(20)24-17-11(18)6-7-12(17)19/h9-10H,5-8H2,1-4H3,(H,15,21)(H,16,22). The zero-order valence-electron chi connectivity index (χ0n) is 15.1. The number of hydroxylamine groups is 2. The number of imide groups is 1. The van der Waals surface area contributed by atoms with E-state index < -0.39 is 50.1 Å². The molecule has 0 radical (unpaired) electrons. The van der Waals surface area contributed by atoms with Crippen molar-refractivity contribution >= 4 is 31.4 Å². The Labute approximate surface area is 151 Å². The molecule has 0 spiro atoms. The smallest absolute Gasteiger partial charge is 0.344 e. The second-order valence-electron chi connectivity index (χ2n) is 5.68. The van der Waals surface area contributed by atoms with Crippen LogP contribution in [0, 0.1) is 0 Å². The molecule has 1 saturated heterocycles. The normalized spacial score (nSPS) is 18.0. The van der Waals surface area contributed by atoms with Crippen LogP contribution in [0.15, 0.2) is 0 Å². The zero-order chi connectivity index (χ0) is 19.9. The van der Waals surface area contributed by atoms with Gasteiger partial charge >= 0.3 is 13.7 Å². The summed E-state index contributed by atoms with van der Waals surface area (Å²) in [6.45, 7) is 5.88. The molecule has 1 heterocycles. The third-order valence-electron chi connectivity index (χ3n) is 3.00. The van der Waals surface area contributed by atoms with E-state index in [-0.39, 0.29) is 19.4 Å². The van der Waals surface area contributed by atoms with Crippen molar-refractivity contribution in [3.63, 3.8) is 0 Å². The minimum atomic E-state index is -3.70. The highest BCUT2D eigenvalue weighted by molar-refractivity contribution is 7.51. The highest BCUT2D eigenvalue weighted by Crippen LogP contribution is 2.45. The molecule has 0 aromatic heterocycles. The summed E-state index contributed by atoms with van der Waals surface area (Å²) in [5, 5.41) is 5.10. The quantitative estimate of drug-likeness (QED) is 0.395. The van der Waals surface area contributed by atoms with Gasteiger partial charge in [0.1, 0.15) is 6.54 Å². The maximum Gasteiger partial charge on any atom is 0.406 e. The van der Waals surface area contributed by atoms with E-state index in [1.54, 1.807) is 20.8 Å². The molecule has 0 aromatic rings. The highest BCUT2D eigenvalue weighted by atomic mass is 31.2. The van der Waals surface area contributed by atoms with Gasteiger partial charge in [-0.15, -0.1) is 5.06 Å². The Bertz CT molecular complexity index is 593. The average Bonchev–Trinajstić information content (AvgIpc) is 2.83. The van der Waals surface area contributed by atoms with Crippen molar-refractivity contribution in [2.75, 3.05) is 13.2 Å². The minimum absolute atomic E-state index is 0.0258. The SMILES string of the molecule is CCOP(=O)(NC(C)C(=O)NCC(=O)ON1C(=O)CCC1=O)OC(C)C. The number of nitrogens with one attached hydrogen (secondary N) is 2. The summed E-state index contributed by atoms with van der Waals surface area (Å²) in [7, 11) is -3.70. The van der Waals surface area contributed by atoms with Gasteiger partial charge in [-0.05, 0) is 27.7 Å². The summed E-state index contributed by atoms with van der Waals surface area (Å²) >= 11 is 0. The predicted octanol–water partition coefficient (Wildman–Crippen LogP) is 0.258. The molecule has 0 bridgehead atoms. The number of hydrogen-bond donors (Lipinski definition) is 2. The van der Waals surface area contributed by atoms with Gasteiger partial charge in [0, 0.05) is 12.8 Å². The number of amides is 3. The molecule has 2 unspecified atom stereocenters. The highest BCUT2D eigenvalue weighted by Gasteiger charge is 2.33. The first-order valence-electron chi connectivity index (χ1n) is 8.13. The summed E-state index contributed by atoms with van der Waals surface area (Å²) < 4.78 is 22.7. The van der Waals surface area contributed by atoms with Gasteiger partial charge in [-0.2, -0.15) is 0 Å². The molecule has 1 aliphatic heterocycles. The van der Waals surface area contributed by atoms with Crippen molar-refractivity contribution in [2.45, 2.75) is 52.7 Å². The lowest BCUT2D eigenvalue weighted by Crippen LogP contribution is -2.44. The van der Waals surface area contributed by atoms with Gasteiger partial charge in [-0.3, -0.25) is 23.4 Å². The van der Waals surface area contributed by atoms with E-state index in [1.165, 1.54) is 6.92 Å². The van der Waals surface area contributed by atoms with E-state index in [2.05, 4.69) is 15.2 Å². The Hall–Kier alpha value is -1.81. The van der Waals surface area contributed by atoms with Crippen molar-refractivity contribution in [2.24, 2.45) is 0 Å². The average molecular weight is 393 g/mol. The molecule has 0 aromatic carbocycles. The Morgan fingerprint density at radius 2 is 1.77 bits per heavy atom. The number of nitrogens with zero attached hydrogens (tertiary/aromatic N) is 1. The fourth-order valence-electron chi connectivity index (χ4n) is 1.95. The maximum atomic E-state index is 12.5. The van der Waals surface area contributed by atoms with Gasteiger partial charge in [0.25, 0.3) is 11.8 Å². The molecule has 0 aliphatic carbocycles. The number of carbonyl (C=O) groups is 4. The molecule has 11 nitrogen and oxygen atoms in total. The lowest BCUT2D eigenvalue weighted by molar-refractivity contribution is -0.196. The molecule has 1 aliphatic rings. The molecule has 12 heteroatoms. The summed E-state index contributed by atoms with van der Waals surface area (Å²) in [5.74, 6) is -2.89. The van der Waals surface area contributed by atoms with E-state index in [0.29, 0.717) is 5.06 Å². The minimum Gasteiger partial charge on any atom is -0.344 e. The molecule has 1 fully saturated rings. The lowest BCUT2D eigenvalue weighted by atomic mass is 10.3. The first-order chi connectivity index (χ1) is 12.1. The van der Waals surface area contributed by atoms with Crippen LogP contribution in [0.3, 0.4) is 0 Å². The maximum absolute atomic E-state index is 12.5. The van der Waals surface area contributed by atoms with Crippen LogP contribution in [0.4, 0.5) is 0 Å². The van der Waals surface area contributed by atoms with Gasteiger partial charge in [0.2, 0.25) is 5.91 Å². The molecule has 0 saturated carbocycles. The van der Waals surface area contributed by atoms with Crippen LogP contribution in [0.25, 0.3) is 0 Å². The number of rotatable bonds is 10. The summed E-state index contributed by atoms with van der Waals surface area (Å²) in [4.78, 5) is 51.0. The number of hydrogen-bond acceptors (Lipinski definition) is 8. The Morgan fingerprint density at radius 3 is 2.27 bits per heavy atom. The van der Waals surface area contributed by atoms with Crippen molar-refractivity contribution in [3.05, 3.63) is 0 Å². The monoisotopic (exact) mass is 393 g/mol. The topological polar surface area (TPSA) is 140 Å². The van der Waals surface area contributed by atoms with Gasteiger partial charge in [0.15, 0.2) is 0 Å². The molecule has 1 rings (SSSR count). The molecular weight excluding hydrogens is 369 g/mol. The van der Waals surface area contributed by atoms with Crippen LogP contribution >= 0.6 is 7.75 Å². The largest absolute Gasteiger partial charge is 0.406 e. The van der Waals surface area contributed by atoms with Crippen LogP contribution in [0.2, 0.25) is 0 Å². The third kappa shape index (κ3) is 6.83. The summed E-state index contributed by atoms with van der Waals surface area (Å²) in [6, 6.07) is -1.01. The lowest BCUT2D eigenvalue weighted by Gasteiger charge is -2.23. The van der Waals surface area contributed by atoms with Crippen molar-refractivity contribution in [1.82, 2.24) is 15.5 Å². The first-order valence-corrected chi connectivity index (χ1v) is 9.67. The molecular formula is C14H24N3O8P. The predicted molar refractivity (Wildman–Crippen MR) is 88.2 cm³/mol. The molecule has 2 N–H and O–H groups in total. The fourth-order valence-corrected chi connectivity index (χ4v) is 3.63. The van der Waals surface area contributed by atoms with Gasteiger partial charge < -0.3 is 10.2 Å². The van der Waals surface area contributed by atoms with E-state index in [9.17, 15) is 23.7 Å². The van der Waals surface area contributed by atoms with Crippen molar-refractivity contribution in [1.29, 1.82) is 0 Å². The van der Waals surface area contributed by atoms with Crippen molar-refractivity contribution < 1.29 is 37.6 Å². The van der Waals surface area contributed by atoms with Crippen LogP contribution in [-0.4, -0.2) is 54.1 Å². The van der Waals surface area contributed by atoms with E-state index in [4.69, 9.17) is 9.05 Å². The zero-order valence-corrected chi connectivity index (χ0v) is 16.0.